The molecule has 1 aliphatic heterocycles. The van der Waals surface area contributed by atoms with Gasteiger partial charge in [-0.25, -0.2) is 9.18 Å². The van der Waals surface area contributed by atoms with Crippen molar-refractivity contribution in [3.8, 4) is 0 Å². The first kappa shape index (κ1) is 17.5. The smallest absolute Gasteiger partial charge is 0.312 e. The third kappa shape index (κ3) is 2.67. The fraction of sp³-hybridized carbons (Fsp3) is 0.421. The second-order valence-corrected chi connectivity index (χ2v) is 7.19. The predicted molar refractivity (Wildman–Crippen MR) is 102 cm³/mol. The Kier molecular flexibility index (Phi) is 4.13. The third-order valence-corrected chi connectivity index (χ3v) is 5.03. The van der Waals surface area contributed by atoms with E-state index in [1.165, 1.54) is 21.3 Å². The topological polar surface area (TPSA) is 65.1 Å². The highest BCUT2D eigenvalue weighted by atomic mass is 19.1. The van der Waals surface area contributed by atoms with Gasteiger partial charge in [-0.05, 0) is 36.6 Å². The van der Waals surface area contributed by atoms with Gasteiger partial charge >= 0.3 is 5.69 Å². The van der Waals surface area contributed by atoms with Crippen LogP contribution in [0.15, 0.2) is 33.9 Å². The lowest BCUT2D eigenvalue weighted by Gasteiger charge is -2.32. The summed E-state index contributed by atoms with van der Waals surface area (Å²) in [7, 11) is 1.64. The molecule has 0 bridgehead atoms. The zero-order chi connectivity index (χ0) is 19.3. The van der Waals surface area contributed by atoms with Crippen LogP contribution in [0, 0.1) is 11.7 Å². The van der Waals surface area contributed by atoms with Gasteiger partial charge in [0.15, 0.2) is 11.2 Å². The van der Waals surface area contributed by atoms with Crippen molar-refractivity contribution in [1.29, 1.82) is 0 Å². The molecule has 0 amide bonds. The van der Waals surface area contributed by atoms with Gasteiger partial charge in [-0.2, -0.15) is 4.98 Å². The van der Waals surface area contributed by atoms with E-state index in [9.17, 15) is 14.0 Å². The van der Waals surface area contributed by atoms with E-state index >= 15 is 0 Å². The van der Waals surface area contributed by atoms with Crippen LogP contribution in [-0.2, 0) is 20.1 Å². The van der Waals surface area contributed by atoms with Crippen LogP contribution in [0.2, 0.25) is 0 Å². The Morgan fingerprint density at radius 3 is 2.56 bits per heavy atom. The average Bonchev–Trinajstić information content (AvgIpc) is 3.03. The monoisotopic (exact) mass is 371 g/mol. The second kappa shape index (κ2) is 6.37. The Morgan fingerprint density at radius 1 is 1.19 bits per heavy atom. The van der Waals surface area contributed by atoms with Gasteiger partial charge < -0.3 is 9.47 Å². The minimum Gasteiger partial charge on any atom is -0.312 e. The van der Waals surface area contributed by atoms with Crippen LogP contribution < -0.4 is 16.1 Å². The molecule has 0 saturated carbocycles. The lowest BCUT2D eigenvalue weighted by molar-refractivity contribution is 0.457. The number of fused-ring (bicyclic) bond motifs is 3. The number of aromatic nitrogens is 4. The number of imidazole rings is 1. The third-order valence-electron chi connectivity index (χ3n) is 5.03. The largest absolute Gasteiger partial charge is 0.332 e. The van der Waals surface area contributed by atoms with E-state index in [0.717, 1.165) is 5.69 Å². The van der Waals surface area contributed by atoms with Gasteiger partial charge in [0.1, 0.15) is 5.82 Å². The van der Waals surface area contributed by atoms with Crippen LogP contribution in [0.3, 0.4) is 0 Å². The molecule has 0 radical (unpaired) electrons. The Hall–Kier alpha value is -2.90. The fourth-order valence-electron chi connectivity index (χ4n) is 3.76. The van der Waals surface area contributed by atoms with Crippen molar-refractivity contribution in [2.24, 2.45) is 13.0 Å². The molecule has 142 valence electrons. The number of hydrogen-bond acceptors (Lipinski definition) is 4. The molecule has 27 heavy (non-hydrogen) atoms. The summed E-state index contributed by atoms with van der Waals surface area (Å²) in [5.74, 6) is 0.564. The summed E-state index contributed by atoms with van der Waals surface area (Å²) in [6.07, 6.45) is 0.694. The van der Waals surface area contributed by atoms with Gasteiger partial charge in [0, 0.05) is 32.4 Å². The van der Waals surface area contributed by atoms with Crippen LogP contribution in [-0.4, -0.2) is 25.2 Å². The Balaban J connectivity index is 2.00. The Labute approximate surface area is 155 Å². The van der Waals surface area contributed by atoms with E-state index in [4.69, 9.17) is 0 Å². The zero-order valence-electron chi connectivity index (χ0n) is 15.6. The summed E-state index contributed by atoms with van der Waals surface area (Å²) in [4.78, 5) is 32.2. The SMILES string of the molecule is CCCn1c(=O)c2c(nc3n2CC(C)CN3c2ccc(F)cc2)n(C)c1=O. The van der Waals surface area contributed by atoms with Gasteiger partial charge in [-0.1, -0.05) is 13.8 Å². The molecule has 1 atom stereocenters. The summed E-state index contributed by atoms with van der Waals surface area (Å²) >= 11 is 0. The molecule has 0 aliphatic carbocycles. The number of benzene rings is 1. The number of halogens is 1. The molecule has 4 rings (SSSR count). The number of nitrogens with zero attached hydrogens (tertiary/aromatic N) is 5. The summed E-state index contributed by atoms with van der Waals surface area (Å²) in [6, 6.07) is 6.22. The standard InChI is InChI=1S/C19H22FN5O2/c1-4-9-23-17(26)15-16(22(3)19(23)27)21-18-24(10-12(2)11-25(15)18)14-7-5-13(20)6-8-14/h5-8,12H,4,9-11H2,1-3H3. The van der Waals surface area contributed by atoms with Gasteiger partial charge in [-0.3, -0.25) is 13.9 Å². The Bertz CT molecular complexity index is 1130. The molecular weight excluding hydrogens is 349 g/mol. The lowest BCUT2D eigenvalue weighted by Crippen LogP contribution is -2.40. The van der Waals surface area contributed by atoms with Gasteiger partial charge in [-0.15, -0.1) is 0 Å². The van der Waals surface area contributed by atoms with Crippen LogP contribution in [0.1, 0.15) is 20.3 Å². The molecule has 3 aromatic rings. The first-order valence-corrected chi connectivity index (χ1v) is 9.15. The molecular formula is C19H22FN5O2. The van der Waals surface area contributed by atoms with Crippen LogP contribution in [0.25, 0.3) is 11.2 Å². The van der Waals surface area contributed by atoms with Crippen LogP contribution in [0.5, 0.6) is 0 Å². The van der Waals surface area contributed by atoms with Crippen molar-refractivity contribution in [1.82, 2.24) is 18.7 Å². The van der Waals surface area contributed by atoms with Gasteiger partial charge in [0.05, 0.1) is 0 Å². The van der Waals surface area contributed by atoms with E-state index in [1.54, 1.807) is 19.2 Å². The first-order chi connectivity index (χ1) is 12.9. The highest BCUT2D eigenvalue weighted by molar-refractivity contribution is 5.77. The van der Waals surface area contributed by atoms with Crippen LogP contribution in [0.4, 0.5) is 16.0 Å². The summed E-state index contributed by atoms with van der Waals surface area (Å²) in [5, 5.41) is 0. The first-order valence-electron chi connectivity index (χ1n) is 9.15. The molecule has 0 fully saturated rings. The normalized spacial score (nSPS) is 16.7. The molecule has 1 aromatic carbocycles. The molecule has 8 heteroatoms. The van der Waals surface area contributed by atoms with E-state index in [0.29, 0.717) is 43.2 Å². The van der Waals surface area contributed by atoms with E-state index < -0.39 is 0 Å². The van der Waals surface area contributed by atoms with Crippen molar-refractivity contribution < 1.29 is 4.39 Å². The summed E-state index contributed by atoms with van der Waals surface area (Å²) < 4.78 is 17.9. The molecule has 3 heterocycles. The summed E-state index contributed by atoms with van der Waals surface area (Å²) in [5.41, 5.74) is 0.971. The second-order valence-electron chi connectivity index (χ2n) is 7.19. The minimum atomic E-state index is -0.355. The van der Waals surface area contributed by atoms with Gasteiger partial charge in [0.25, 0.3) is 5.56 Å². The van der Waals surface area contributed by atoms with E-state index in [1.807, 2.05) is 16.4 Å². The zero-order valence-corrected chi connectivity index (χ0v) is 15.6. The van der Waals surface area contributed by atoms with E-state index in [-0.39, 0.29) is 23.0 Å². The highest BCUT2D eigenvalue weighted by Gasteiger charge is 2.29. The van der Waals surface area contributed by atoms with Crippen molar-refractivity contribution in [3.63, 3.8) is 0 Å². The van der Waals surface area contributed by atoms with Crippen LogP contribution >= 0.6 is 0 Å². The van der Waals surface area contributed by atoms with Crippen molar-refractivity contribution in [3.05, 3.63) is 50.9 Å². The predicted octanol–water partition coefficient (Wildman–Crippen LogP) is 2.23. The number of anilines is 2. The maximum Gasteiger partial charge on any atom is 0.332 e. The summed E-state index contributed by atoms with van der Waals surface area (Å²) in [6.45, 7) is 5.74. The highest BCUT2D eigenvalue weighted by Crippen LogP contribution is 2.32. The van der Waals surface area contributed by atoms with Gasteiger partial charge in [0.2, 0.25) is 5.95 Å². The molecule has 0 spiro atoms. The minimum absolute atomic E-state index is 0.260. The lowest BCUT2D eigenvalue weighted by atomic mass is 10.1. The van der Waals surface area contributed by atoms with Crippen molar-refractivity contribution in [2.75, 3.05) is 11.4 Å². The van der Waals surface area contributed by atoms with Crippen molar-refractivity contribution >= 4 is 22.8 Å². The molecule has 2 aromatic heterocycles. The fourth-order valence-corrected chi connectivity index (χ4v) is 3.76. The maximum absolute atomic E-state index is 13.3. The molecule has 1 unspecified atom stereocenters. The van der Waals surface area contributed by atoms with Crippen molar-refractivity contribution in [2.45, 2.75) is 33.4 Å². The Morgan fingerprint density at radius 2 is 1.89 bits per heavy atom. The maximum atomic E-state index is 13.3. The molecule has 0 saturated heterocycles. The van der Waals surface area contributed by atoms with E-state index in [2.05, 4.69) is 11.9 Å². The molecule has 7 nitrogen and oxygen atoms in total. The molecule has 1 aliphatic rings. The number of rotatable bonds is 3. The number of hydrogen-bond donors (Lipinski definition) is 0. The molecule has 0 N–H and O–H groups in total. The number of aryl methyl sites for hydroxylation is 1. The quantitative estimate of drug-likeness (QED) is 0.708. The average molecular weight is 371 g/mol.